The Labute approximate surface area is 196 Å². The van der Waals surface area contributed by atoms with Crippen LogP contribution in [0.1, 0.15) is 28.4 Å². The zero-order chi connectivity index (χ0) is 22.9. The number of nitrogens with zero attached hydrogens (tertiary/aromatic N) is 1. The number of carbonyl (C=O) groups is 1. The minimum atomic E-state index is -0.398. The second-order valence-electron chi connectivity index (χ2n) is 6.59. The van der Waals surface area contributed by atoms with Crippen LogP contribution in [0.25, 0.3) is 0 Å². The molecule has 0 atom stereocenters. The van der Waals surface area contributed by atoms with Gasteiger partial charge in [0.1, 0.15) is 6.61 Å². The van der Waals surface area contributed by atoms with Gasteiger partial charge in [0, 0.05) is 5.56 Å². The first-order valence-corrected chi connectivity index (χ1v) is 10.6. The number of ether oxygens (including phenoxy) is 3. The summed E-state index contributed by atoms with van der Waals surface area (Å²) in [5, 5.41) is 4.68. The Bertz CT molecular complexity index is 1080. The Morgan fingerprint density at radius 1 is 1.00 bits per heavy atom. The number of hydrogen-bond acceptors (Lipinski definition) is 5. The summed E-state index contributed by atoms with van der Waals surface area (Å²) in [6.45, 7) is 2.65. The van der Waals surface area contributed by atoms with E-state index in [0.717, 1.165) is 5.56 Å². The number of nitrogens with one attached hydrogen (secondary N) is 1. The van der Waals surface area contributed by atoms with Crippen molar-refractivity contribution in [3.8, 4) is 17.2 Å². The monoisotopic (exact) mass is 472 g/mol. The van der Waals surface area contributed by atoms with E-state index in [9.17, 15) is 4.79 Å². The zero-order valence-corrected chi connectivity index (χ0v) is 19.1. The minimum Gasteiger partial charge on any atom is -0.493 e. The molecule has 0 radical (unpaired) electrons. The first-order valence-electron chi connectivity index (χ1n) is 9.81. The molecule has 0 saturated heterocycles. The summed E-state index contributed by atoms with van der Waals surface area (Å²) in [4.78, 5) is 12.4. The summed E-state index contributed by atoms with van der Waals surface area (Å²) in [5.74, 6) is 1.02. The van der Waals surface area contributed by atoms with Gasteiger partial charge in [0.25, 0.3) is 5.91 Å². The van der Waals surface area contributed by atoms with Gasteiger partial charge in [-0.3, -0.25) is 4.79 Å². The molecular weight excluding hydrogens is 451 g/mol. The zero-order valence-electron chi connectivity index (χ0n) is 17.6. The van der Waals surface area contributed by atoms with Gasteiger partial charge in [-0.2, -0.15) is 5.10 Å². The molecule has 0 fully saturated rings. The summed E-state index contributed by atoms with van der Waals surface area (Å²) in [7, 11) is 1.54. The maximum absolute atomic E-state index is 12.4. The molecule has 1 amide bonds. The van der Waals surface area contributed by atoms with E-state index in [1.807, 2.05) is 37.3 Å². The van der Waals surface area contributed by atoms with Gasteiger partial charge >= 0.3 is 0 Å². The molecule has 0 spiro atoms. The fourth-order valence-electron chi connectivity index (χ4n) is 2.84. The summed E-state index contributed by atoms with van der Waals surface area (Å²) >= 11 is 12.7. The van der Waals surface area contributed by atoms with Crippen LogP contribution in [0, 0.1) is 0 Å². The highest BCUT2D eigenvalue weighted by molar-refractivity contribution is 6.37. The molecule has 6 nitrogen and oxygen atoms in total. The van der Waals surface area contributed by atoms with E-state index in [0.29, 0.717) is 51.6 Å². The fourth-order valence-corrected chi connectivity index (χ4v) is 3.45. The van der Waals surface area contributed by atoms with Gasteiger partial charge in [-0.05, 0) is 48.4 Å². The van der Waals surface area contributed by atoms with Crippen LogP contribution in [0.5, 0.6) is 17.2 Å². The van der Waals surface area contributed by atoms with E-state index in [-0.39, 0.29) is 0 Å². The Morgan fingerprint density at radius 2 is 1.72 bits per heavy atom. The predicted octanol–water partition coefficient (Wildman–Crippen LogP) is 5.74. The van der Waals surface area contributed by atoms with Crippen molar-refractivity contribution in [2.45, 2.75) is 13.5 Å². The molecule has 0 aliphatic rings. The van der Waals surface area contributed by atoms with Gasteiger partial charge in [-0.25, -0.2) is 5.43 Å². The standard InChI is InChI=1S/C24H22Cl2N2O4/c1-3-31-22-13-18(9-10-21(22)30-2)24(29)28-27-14-17-11-19(25)23(20(26)12-17)32-15-16-7-5-4-6-8-16/h4-14H,3,15H2,1-2H3,(H,28,29)/b27-14+. The number of amides is 1. The molecular formula is C24H22Cl2N2O4. The van der Waals surface area contributed by atoms with Crippen LogP contribution in [0.4, 0.5) is 0 Å². The molecule has 0 aliphatic carbocycles. The van der Waals surface area contributed by atoms with Crippen LogP contribution < -0.4 is 19.6 Å². The number of methoxy groups -OCH3 is 1. The van der Waals surface area contributed by atoms with Gasteiger partial charge in [-0.15, -0.1) is 0 Å². The summed E-state index contributed by atoms with van der Waals surface area (Å²) in [6, 6.07) is 17.9. The maximum Gasteiger partial charge on any atom is 0.271 e. The Morgan fingerprint density at radius 3 is 2.38 bits per heavy atom. The van der Waals surface area contributed by atoms with E-state index in [1.165, 1.54) is 13.3 Å². The molecule has 0 saturated carbocycles. The van der Waals surface area contributed by atoms with Crippen molar-refractivity contribution in [2.75, 3.05) is 13.7 Å². The number of halogens is 2. The second kappa shape index (κ2) is 11.4. The van der Waals surface area contributed by atoms with Gasteiger partial charge in [0.2, 0.25) is 0 Å². The van der Waals surface area contributed by atoms with E-state index < -0.39 is 5.91 Å². The van der Waals surface area contributed by atoms with Crippen LogP contribution in [-0.2, 0) is 6.61 Å². The lowest BCUT2D eigenvalue weighted by Crippen LogP contribution is -2.17. The predicted molar refractivity (Wildman–Crippen MR) is 126 cm³/mol. The normalized spacial score (nSPS) is 10.8. The Hall–Kier alpha value is -3.22. The van der Waals surface area contributed by atoms with E-state index in [4.69, 9.17) is 37.4 Å². The molecule has 0 aromatic heterocycles. The first kappa shape index (κ1) is 23.4. The van der Waals surface area contributed by atoms with Crippen LogP contribution in [0.15, 0.2) is 65.8 Å². The van der Waals surface area contributed by atoms with Gasteiger partial charge in [-0.1, -0.05) is 53.5 Å². The molecule has 3 aromatic carbocycles. The van der Waals surface area contributed by atoms with Crippen LogP contribution in [0.3, 0.4) is 0 Å². The molecule has 32 heavy (non-hydrogen) atoms. The topological polar surface area (TPSA) is 69.2 Å². The molecule has 8 heteroatoms. The number of hydrazone groups is 1. The smallest absolute Gasteiger partial charge is 0.271 e. The SMILES string of the molecule is CCOc1cc(C(=O)N/N=C/c2cc(Cl)c(OCc3ccccc3)c(Cl)c2)ccc1OC. The second-order valence-corrected chi connectivity index (χ2v) is 7.40. The summed E-state index contributed by atoms with van der Waals surface area (Å²) < 4.78 is 16.5. The van der Waals surface area contributed by atoms with Gasteiger partial charge in [0.15, 0.2) is 17.2 Å². The van der Waals surface area contributed by atoms with E-state index >= 15 is 0 Å². The summed E-state index contributed by atoms with van der Waals surface area (Å²) in [6.07, 6.45) is 1.45. The highest BCUT2D eigenvalue weighted by Crippen LogP contribution is 2.34. The third-order valence-corrected chi connectivity index (χ3v) is 4.91. The van der Waals surface area contributed by atoms with Crippen LogP contribution in [0.2, 0.25) is 10.0 Å². The largest absolute Gasteiger partial charge is 0.493 e. The molecule has 0 aliphatic heterocycles. The van der Waals surface area contributed by atoms with Gasteiger partial charge < -0.3 is 14.2 Å². The highest BCUT2D eigenvalue weighted by Gasteiger charge is 2.12. The van der Waals surface area contributed by atoms with Crippen molar-refractivity contribution in [1.82, 2.24) is 5.43 Å². The van der Waals surface area contributed by atoms with Crippen molar-refractivity contribution in [1.29, 1.82) is 0 Å². The lowest BCUT2D eigenvalue weighted by atomic mass is 10.2. The maximum atomic E-state index is 12.4. The van der Waals surface area contributed by atoms with Crippen LogP contribution >= 0.6 is 23.2 Å². The number of hydrogen-bond donors (Lipinski definition) is 1. The lowest BCUT2D eigenvalue weighted by Gasteiger charge is -2.11. The molecule has 1 N–H and O–H groups in total. The van der Waals surface area contributed by atoms with E-state index in [1.54, 1.807) is 30.3 Å². The van der Waals surface area contributed by atoms with Crippen molar-refractivity contribution in [2.24, 2.45) is 5.10 Å². The summed E-state index contributed by atoms with van der Waals surface area (Å²) in [5.41, 5.74) is 4.46. The van der Waals surface area contributed by atoms with Crippen molar-refractivity contribution in [3.63, 3.8) is 0 Å². The Kier molecular flexibility index (Phi) is 8.36. The van der Waals surface area contributed by atoms with Crippen molar-refractivity contribution in [3.05, 3.63) is 87.4 Å². The average Bonchev–Trinajstić information content (AvgIpc) is 2.79. The number of rotatable bonds is 9. The van der Waals surface area contributed by atoms with Gasteiger partial charge in [0.05, 0.1) is 30.0 Å². The first-order chi connectivity index (χ1) is 15.5. The van der Waals surface area contributed by atoms with Crippen LogP contribution in [-0.4, -0.2) is 25.8 Å². The number of carbonyl (C=O) groups excluding carboxylic acids is 1. The molecule has 3 rings (SSSR count). The Balaban J connectivity index is 1.65. The fraction of sp³-hybridized carbons (Fsp3) is 0.167. The van der Waals surface area contributed by atoms with Crippen molar-refractivity contribution >= 4 is 35.3 Å². The molecule has 3 aromatic rings. The highest BCUT2D eigenvalue weighted by atomic mass is 35.5. The quantitative estimate of drug-likeness (QED) is 0.318. The average molecular weight is 473 g/mol. The molecule has 166 valence electrons. The molecule has 0 unspecified atom stereocenters. The van der Waals surface area contributed by atoms with Crippen molar-refractivity contribution < 1.29 is 19.0 Å². The van der Waals surface area contributed by atoms with E-state index in [2.05, 4.69) is 10.5 Å². The third-order valence-electron chi connectivity index (χ3n) is 4.35. The molecule has 0 bridgehead atoms. The lowest BCUT2D eigenvalue weighted by molar-refractivity contribution is 0.0954. The number of benzene rings is 3. The minimum absolute atomic E-state index is 0.343. The third kappa shape index (κ3) is 6.15. The molecule has 0 heterocycles.